The van der Waals surface area contributed by atoms with Gasteiger partial charge in [-0.05, 0) is 62.3 Å². The molecule has 37 heavy (non-hydrogen) atoms. The molecule has 1 saturated heterocycles. The molecule has 1 aromatic carbocycles. The Morgan fingerprint density at radius 2 is 2.08 bits per heavy atom. The lowest BCUT2D eigenvalue weighted by Gasteiger charge is -2.41. The van der Waals surface area contributed by atoms with Crippen molar-refractivity contribution in [3.05, 3.63) is 49.4 Å². The maximum atomic E-state index is 13.0. The molecule has 4 rings (SSSR count). The number of thiazole rings is 1. The van der Waals surface area contributed by atoms with E-state index in [2.05, 4.69) is 33.6 Å². The summed E-state index contributed by atoms with van der Waals surface area (Å²) in [5, 5.41) is 15.3. The van der Waals surface area contributed by atoms with E-state index in [-0.39, 0.29) is 17.7 Å². The van der Waals surface area contributed by atoms with Crippen LogP contribution in [0.2, 0.25) is 0 Å². The number of terminal acetylenes is 1. The number of hydrogen-bond donors (Lipinski definition) is 2. The number of fused-ring (bicyclic) bond motifs is 1. The first-order chi connectivity index (χ1) is 18.0. The minimum Gasteiger partial charge on any atom is -0.360 e. The number of nitriles is 1. The molecule has 2 fully saturated rings. The van der Waals surface area contributed by atoms with Crippen LogP contribution in [0.3, 0.4) is 0 Å². The maximum Gasteiger partial charge on any atom is 0.270 e. The third-order valence-corrected chi connectivity index (χ3v) is 8.65. The highest BCUT2D eigenvalue weighted by Gasteiger charge is 2.30. The Hall–Kier alpha value is -3.33. The molecule has 1 aliphatic carbocycles. The monoisotopic (exact) mass is 517 g/mol. The predicted octanol–water partition coefficient (Wildman–Crippen LogP) is 2.26. The molecule has 1 saturated carbocycles. The van der Waals surface area contributed by atoms with E-state index in [0.717, 1.165) is 41.8 Å². The third-order valence-electron chi connectivity index (χ3n) is 7.52. The summed E-state index contributed by atoms with van der Waals surface area (Å²) in [7, 11) is 0. The second kappa shape index (κ2) is 12.8. The lowest BCUT2D eigenvalue weighted by atomic mass is 9.75. The molecule has 1 amide bonds. The summed E-state index contributed by atoms with van der Waals surface area (Å²) < 4.78 is 2.20. The van der Waals surface area contributed by atoms with Crippen molar-refractivity contribution in [3.63, 3.8) is 0 Å². The normalized spacial score (nSPS) is 20.9. The van der Waals surface area contributed by atoms with Gasteiger partial charge >= 0.3 is 0 Å². The number of carbonyl (C=O) groups excluding carboxylic acids is 1. The van der Waals surface area contributed by atoms with E-state index in [1.807, 2.05) is 25.1 Å². The Morgan fingerprint density at radius 3 is 2.84 bits per heavy atom. The largest absolute Gasteiger partial charge is 0.360 e. The topological polar surface area (TPSA) is 90.2 Å². The summed E-state index contributed by atoms with van der Waals surface area (Å²) >= 11 is 1.12. The van der Waals surface area contributed by atoms with Gasteiger partial charge in [0.15, 0.2) is 5.57 Å². The van der Waals surface area contributed by atoms with Crippen molar-refractivity contribution in [1.29, 1.82) is 5.26 Å². The van der Waals surface area contributed by atoms with E-state index >= 15 is 0 Å². The van der Waals surface area contributed by atoms with Crippen molar-refractivity contribution in [2.45, 2.75) is 52.0 Å². The smallest absolute Gasteiger partial charge is 0.270 e. The van der Waals surface area contributed by atoms with Crippen LogP contribution in [0.1, 0.15) is 44.6 Å². The average molecular weight is 518 g/mol. The van der Waals surface area contributed by atoms with Gasteiger partial charge in [0, 0.05) is 31.5 Å². The summed E-state index contributed by atoms with van der Waals surface area (Å²) in [6.07, 6.45) is 14.8. The number of benzene rings is 1. The molecule has 2 aliphatic rings. The quantitative estimate of drug-likeness (QED) is 0.525. The predicted molar refractivity (Wildman–Crippen MR) is 149 cm³/mol. The zero-order valence-corrected chi connectivity index (χ0v) is 22.3. The lowest BCUT2D eigenvalue weighted by molar-refractivity contribution is -0.115. The number of nitrogens with one attached hydrogen (secondary N) is 2. The molecule has 194 valence electrons. The Morgan fingerprint density at radius 1 is 1.27 bits per heavy atom. The SMILES string of the molecule is C#CCNC(=O)/C(C#N)=c1\s/c(=C/Nc2cccc(CCN3CC[C@H]4CCCC[C@@H]4C3)c2)c(=O)n1CC. The molecular weight excluding hydrogens is 482 g/mol. The number of carbonyl (C=O) groups is 1. The minimum absolute atomic E-state index is 0.0154. The highest BCUT2D eigenvalue weighted by atomic mass is 32.1. The van der Waals surface area contributed by atoms with Crippen LogP contribution >= 0.6 is 11.3 Å². The van der Waals surface area contributed by atoms with Crippen molar-refractivity contribution in [2.75, 3.05) is 31.5 Å². The third kappa shape index (κ3) is 6.52. The number of hydrogen-bond acceptors (Lipinski definition) is 6. The maximum absolute atomic E-state index is 13.0. The van der Waals surface area contributed by atoms with Crippen LogP contribution in [0, 0.1) is 35.5 Å². The van der Waals surface area contributed by atoms with E-state index in [9.17, 15) is 14.9 Å². The molecule has 2 heterocycles. The van der Waals surface area contributed by atoms with Crippen molar-refractivity contribution >= 4 is 34.7 Å². The van der Waals surface area contributed by atoms with E-state index in [1.54, 1.807) is 6.20 Å². The minimum atomic E-state index is -0.580. The van der Waals surface area contributed by atoms with Crippen LogP contribution < -0.4 is 25.4 Å². The standard InChI is InChI=1S/C29H35N5O2S/c1-3-14-31-27(35)25(18-30)29-34(4-2)28(36)26(37-29)19-32-24-11-7-8-21(17-24)12-15-33-16-13-22-9-5-6-10-23(22)20-33/h1,7-8,11,17,19,22-23,32H,4-6,9-10,12-16,20H2,2H3,(H,31,35)/b26-19+,29-25-/t22-,23-/m1/s1. The summed E-state index contributed by atoms with van der Waals surface area (Å²) in [6.45, 7) is 5.69. The fraction of sp³-hybridized carbons (Fsp3) is 0.483. The fourth-order valence-electron chi connectivity index (χ4n) is 5.54. The second-order valence-corrected chi connectivity index (χ2v) is 10.9. The van der Waals surface area contributed by atoms with Gasteiger partial charge < -0.3 is 15.5 Å². The zero-order valence-electron chi connectivity index (χ0n) is 21.5. The van der Waals surface area contributed by atoms with Crippen LogP contribution in [0.25, 0.3) is 11.8 Å². The van der Waals surface area contributed by atoms with Gasteiger partial charge in [0.1, 0.15) is 15.3 Å². The van der Waals surface area contributed by atoms with Gasteiger partial charge in [-0.3, -0.25) is 14.2 Å². The van der Waals surface area contributed by atoms with Gasteiger partial charge in [-0.15, -0.1) is 17.8 Å². The molecule has 0 unspecified atom stereocenters. The molecule has 1 aliphatic heterocycles. The van der Waals surface area contributed by atoms with Crippen molar-refractivity contribution in [3.8, 4) is 18.4 Å². The van der Waals surface area contributed by atoms with Crippen molar-refractivity contribution < 1.29 is 4.79 Å². The molecule has 2 N–H and O–H groups in total. The van der Waals surface area contributed by atoms with Crippen LogP contribution in [0.4, 0.5) is 5.69 Å². The molecule has 0 spiro atoms. The zero-order chi connectivity index (χ0) is 26.2. The van der Waals surface area contributed by atoms with Crippen LogP contribution in [0.5, 0.6) is 0 Å². The van der Waals surface area contributed by atoms with Crippen molar-refractivity contribution in [2.24, 2.45) is 11.8 Å². The number of likely N-dealkylation sites (tertiary alicyclic amines) is 1. The molecular formula is C29H35N5O2S. The lowest BCUT2D eigenvalue weighted by Crippen LogP contribution is -2.42. The molecule has 1 aromatic heterocycles. The van der Waals surface area contributed by atoms with E-state index in [1.165, 1.54) is 55.3 Å². The highest BCUT2D eigenvalue weighted by molar-refractivity contribution is 7.07. The van der Waals surface area contributed by atoms with Gasteiger partial charge in [-0.25, -0.2) is 0 Å². The highest BCUT2D eigenvalue weighted by Crippen LogP contribution is 2.36. The molecule has 8 heteroatoms. The number of rotatable bonds is 8. The number of piperidine rings is 1. The van der Waals surface area contributed by atoms with Gasteiger partial charge in [-0.1, -0.05) is 37.3 Å². The Labute approximate surface area is 222 Å². The summed E-state index contributed by atoms with van der Waals surface area (Å²) in [4.78, 5) is 28.0. The first-order valence-corrected chi connectivity index (χ1v) is 14.0. The van der Waals surface area contributed by atoms with E-state index < -0.39 is 5.91 Å². The molecule has 7 nitrogen and oxygen atoms in total. The number of aromatic nitrogens is 1. The van der Waals surface area contributed by atoms with Gasteiger partial charge in [0.05, 0.1) is 6.54 Å². The van der Waals surface area contributed by atoms with Crippen LogP contribution in [0.15, 0.2) is 29.1 Å². The molecule has 0 bridgehead atoms. The second-order valence-electron chi connectivity index (χ2n) is 9.83. The number of amides is 1. The van der Waals surface area contributed by atoms with Crippen LogP contribution in [-0.2, 0) is 17.8 Å². The summed E-state index contributed by atoms with van der Waals surface area (Å²) in [5.41, 5.74) is 1.80. The van der Waals surface area contributed by atoms with Crippen LogP contribution in [-0.4, -0.2) is 41.6 Å². The van der Waals surface area contributed by atoms with E-state index in [0.29, 0.717) is 15.7 Å². The van der Waals surface area contributed by atoms with Crippen molar-refractivity contribution in [1.82, 2.24) is 14.8 Å². The van der Waals surface area contributed by atoms with Gasteiger partial charge in [0.25, 0.3) is 11.5 Å². The first-order valence-electron chi connectivity index (χ1n) is 13.2. The molecule has 2 atom stereocenters. The average Bonchev–Trinajstić information content (AvgIpc) is 3.24. The molecule has 0 radical (unpaired) electrons. The number of nitrogens with zero attached hydrogens (tertiary/aromatic N) is 3. The Kier molecular flexibility index (Phi) is 9.22. The van der Waals surface area contributed by atoms with E-state index in [4.69, 9.17) is 6.42 Å². The summed E-state index contributed by atoms with van der Waals surface area (Å²) in [6, 6.07) is 10.2. The Bertz CT molecular complexity index is 1380. The summed E-state index contributed by atoms with van der Waals surface area (Å²) in [5.74, 6) is 3.57. The number of anilines is 1. The fourth-order valence-corrected chi connectivity index (χ4v) is 6.63. The van der Waals surface area contributed by atoms with Gasteiger partial charge in [0.2, 0.25) is 0 Å². The Balaban J connectivity index is 1.46. The van der Waals surface area contributed by atoms with Gasteiger partial charge in [-0.2, -0.15) is 5.26 Å². The molecule has 2 aromatic rings. The first kappa shape index (κ1) is 26.7.